The number of rotatable bonds is 8. The van der Waals surface area contributed by atoms with Crippen molar-refractivity contribution < 1.29 is 23.8 Å². The van der Waals surface area contributed by atoms with Crippen molar-refractivity contribution >= 4 is 18.2 Å². The number of carbonyl (C=O) groups is 2. The number of piperidine rings is 1. The lowest BCUT2D eigenvalue weighted by atomic mass is 9.99. The maximum atomic E-state index is 12.0. The highest BCUT2D eigenvalue weighted by Crippen LogP contribution is 2.33. The monoisotopic (exact) mass is 365 g/mol. The van der Waals surface area contributed by atoms with Crippen LogP contribution in [0.4, 0.5) is 10.5 Å². The Hall–Kier alpha value is -2.16. The maximum Gasteiger partial charge on any atom is 0.414 e. The van der Waals surface area contributed by atoms with Crippen LogP contribution in [0.1, 0.15) is 12.8 Å². The van der Waals surface area contributed by atoms with Crippen LogP contribution in [0, 0.1) is 0 Å². The fraction of sp³-hybridized carbons (Fsp3) is 0.556. The molecule has 2 rings (SSSR count). The number of anilines is 1. The molecule has 1 N–H and O–H groups in total. The fourth-order valence-electron chi connectivity index (χ4n) is 2.87. The smallest absolute Gasteiger partial charge is 0.410 e. The molecule has 0 unspecified atom stereocenters. The summed E-state index contributed by atoms with van der Waals surface area (Å²) in [6.45, 7) is 2.32. The third-order valence-electron chi connectivity index (χ3n) is 4.25. The quantitative estimate of drug-likeness (QED) is 0.427. The maximum absolute atomic E-state index is 12.0. The van der Waals surface area contributed by atoms with E-state index in [-0.39, 0.29) is 0 Å². The third kappa shape index (κ3) is 4.94. The van der Waals surface area contributed by atoms with E-state index < -0.39 is 11.8 Å². The summed E-state index contributed by atoms with van der Waals surface area (Å²) in [5.41, 5.74) is -0.140. The summed E-state index contributed by atoms with van der Waals surface area (Å²) in [6.07, 6.45) is 1.59. The van der Waals surface area contributed by atoms with E-state index in [1.165, 1.54) is 4.90 Å². The number of nitrogens with zero attached hydrogens (tertiary/aromatic N) is 2. The Morgan fingerprint density at radius 2 is 2.00 bits per heavy atom. The second kappa shape index (κ2) is 9.51. The van der Waals surface area contributed by atoms with Gasteiger partial charge in [-0.05, 0) is 25.2 Å². The van der Waals surface area contributed by atoms with Gasteiger partial charge in [-0.2, -0.15) is 0 Å². The van der Waals surface area contributed by atoms with Crippen LogP contribution in [0.3, 0.4) is 0 Å². The van der Waals surface area contributed by atoms with Crippen LogP contribution in [0.2, 0.25) is 0 Å². The second-order valence-corrected chi connectivity index (χ2v) is 6.27. The van der Waals surface area contributed by atoms with Gasteiger partial charge in [0.1, 0.15) is 11.5 Å². The van der Waals surface area contributed by atoms with Gasteiger partial charge < -0.3 is 24.4 Å². The van der Waals surface area contributed by atoms with Gasteiger partial charge in [0, 0.05) is 45.8 Å². The Morgan fingerprint density at radius 3 is 2.62 bits per heavy atom. The predicted molar refractivity (Wildman–Crippen MR) is 97.4 cm³/mol. The van der Waals surface area contributed by atoms with Gasteiger partial charge in [-0.1, -0.05) is 6.07 Å². The molecule has 0 radical (unpaired) electrons. The lowest BCUT2D eigenvalue weighted by molar-refractivity contribution is -0.120. The minimum atomic E-state index is -0.754. The number of amides is 2. The number of benzene rings is 1. The Labute approximate surface area is 154 Å². The average Bonchev–Trinajstić information content (AvgIpc) is 2.63. The van der Waals surface area contributed by atoms with E-state index in [1.807, 2.05) is 0 Å². The van der Waals surface area contributed by atoms with E-state index >= 15 is 0 Å². The van der Waals surface area contributed by atoms with Crippen LogP contribution >= 0.6 is 0 Å². The molecular weight excluding hydrogens is 338 g/mol. The van der Waals surface area contributed by atoms with E-state index in [9.17, 15) is 9.59 Å². The fourth-order valence-corrected chi connectivity index (χ4v) is 2.87. The highest BCUT2D eigenvalue weighted by Gasteiger charge is 2.39. The predicted octanol–water partition coefficient (Wildman–Crippen LogP) is 1.45. The van der Waals surface area contributed by atoms with Crippen LogP contribution in [-0.4, -0.2) is 70.6 Å². The molecule has 1 aromatic rings. The first-order valence-electron chi connectivity index (χ1n) is 8.60. The van der Waals surface area contributed by atoms with E-state index in [0.29, 0.717) is 37.5 Å². The summed E-state index contributed by atoms with van der Waals surface area (Å²) in [5, 5.41) is 3.28. The van der Waals surface area contributed by atoms with Crippen molar-refractivity contribution in [3.05, 3.63) is 24.3 Å². The summed E-state index contributed by atoms with van der Waals surface area (Å²) in [5.74, 6) is 0.369. The highest BCUT2D eigenvalue weighted by molar-refractivity contribution is 5.78. The van der Waals surface area contributed by atoms with Crippen molar-refractivity contribution in [2.45, 2.75) is 18.6 Å². The Morgan fingerprint density at radius 1 is 1.27 bits per heavy atom. The number of hydrogen-bond acceptors (Lipinski definition) is 6. The van der Waals surface area contributed by atoms with Crippen molar-refractivity contribution in [3.8, 4) is 5.75 Å². The van der Waals surface area contributed by atoms with Gasteiger partial charge in [-0.25, -0.2) is 4.79 Å². The molecule has 0 aromatic heterocycles. The van der Waals surface area contributed by atoms with Crippen LogP contribution < -0.4 is 15.0 Å². The number of ether oxygens (including phenoxy) is 3. The first kappa shape index (κ1) is 20.2. The SMILES string of the molecule is COCCOC1(N(C=O)c2cccc(OC(=O)N(C)C)c2)CCNCC1. The lowest BCUT2D eigenvalue weighted by Gasteiger charge is -2.44. The highest BCUT2D eigenvalue weighted by atomic mass is 16.6. The van der Waals surface area contributed by atoms with Crippen molar-refractivity contribution in [1.29, 1.82) is 0 Å². The molecule has 1 heterocycles. The van der Waals surface area contributed by atoms with Crippen molar-refractivity contribution in [3.63, 3.8) is 0 Å². The summed E-state index contributed by atoms with van der Waals surface area (Å²) in [6, 6.07) is 6.88. The molecule has 0 aliphatic carbocycles. The molecule has 1 saturated heterocycles. The molecule has 26 heavy (non-hydrogen) atoms. The molecule has 1 aliphatic rings. The van der Waals surface area contributed by atoms with Gasteiger partial charge in [0.05, 0.1) is 13.2 Å². The van der Waals surface area contributed by atoms with Gasteiger partial charge in [-0.15, -0.1) is 0 Å². The summed E-state index contributed by atoms with van der Waals surface area (Å²) in [4.78, 5) is 26.7. The van der Waals surface area contributed by atoms with Crippen LogP contribution in [0.15, 0.2) is 24.3 Å². The molecule has 1 aliphatic heterocycles. The molecule has 8 heteroatoms. The average molecular weight is 365 g/mol. The van der Waals surface area contributed by atoms with Gasteiger partial charge in [0.2, 0.25) is 6.41 Å². The number of nitrogens with one attached hydrogen (secondary N) is 1. The zero-order chi connectivity index (χ0) is 19.0. The van der Waals surface area contributed by atoms with Crippen LogP contribution in [0.5, 0.6) is 5.75 Å². The summed E-state index contributed by atoms with van der Waals surface area (Å²) < 4.78 is 16.5. The summed E-state index contributed by atoms with van der Waals surface area (Å²) >= 11 is 0. The molecule has 0 spiro atoms. The van der Waals surface area contributed by atoms with E-state index in [0.717, 1.165) is 19.5 Å². The number of hydrogen-bond donors (Lipinski definition) is 1. The zero-order valence-corrected chi connectivity index (χ0v) is 15.6. The van der Waals surface area contributed by atoms with Crippen molar-refractivity contribution in [2.75, 3.05) is 52.4 Å². The Kier molecular flexibility index (Phi) is 7.38. The van der Waals surface area contributed by atoms with E-state index in [4.69, 9.17) is 14.2 Å². The summed E-state index contributed by atoms with van der Waals surface area (Å²) in [7, 11) is 4.83. The van der Waals surface area contributed by atoms with Crippen molar-refractivity contribution in [2.24, 2.45) is 0 Å². The van der Waals surface area contributed by atoms with Crippen LogP contribution in [0.25, 0.3) is 0 Å². The lowest BCUT2D eigenvalue weighted by Crippen LogP contribution is -2.56. The van der Waals surface area contributed by atoms with Gasteiger partial charge >= 0.3 is 6.09 Å². The molecule has 0 bridgehead atoms. The molecule has 1 aromatic carbocycles. The first-order chi connectivity index (χ1) is 12.5. The topological polar surface area (TPSA) is 80.3 Å². The van der Waals surface area contributed by atoms with Crippen LogP contribution in [-0.2, 0) is 14.3 Å². The first-order valence-corrected chi connectivity index (χ1v) is 8.60. The molecular formula is C18H27N3O5. The molecule has 144 valence electrons. The molecule has 0 atom stereocenters. The van der Waals surface area contributed by atoms with Gasteiger partial charge in [0.15, 0.2) is 0 Å². The van der Waals surface area contributed by atoms with Gasteiger partial charge in [0.25, 0.3) is 0 Å². The minimum Gasteiger partial charge on any atom is -0.410 e. The van der Waals surface area contributed by atoms with Gasteiger partial charge in [-0.3, -0.25) is 9.69 Å². The molecule has 0 saturated carbocycles. The zero-order valence-electron chi connectivity index (χ0n) is 15.6. The molecule has 1 fully saturated rings. The number of carbonyl (C=O) groups excluding carboxylic acids is 2. The second-order valence-electron chi connectivity index (χ2n) is 6.27. The van der Waals surface area contributed by atoms with E-state index in [2.05, 4.69) is 5.32 Å². The Balaban J connectivity index is 2.26. The number of methoxy groups -OCH3 is 1. The van der Waals surface area contributed by atoms with E-state index in [1.54, 1.807) is 50.4 Å². The minimum absolute atomic E-state index is 0.369. The molecule has 8 nitrogen and oxygen atoms in total. The Bertz CT molecular complexity index is 602. The molecule has 2 amide bonds. The standard InChI is InChI=1S/C18H27N3O5/c1-20(2)17(23)26-16-6-4-5-15(13-16)21(14-22)18(25-12-11-24-3)7-9-19-10-8-18/h4-6,13-14,19H,7-12H2,1-3H3. The third-order valence-corrected chi connectivity index (χ3v) is 4.25. The van der Waals surface area contributed by atoms with Crippen molar-refractivity contribution in [1.82, 2.24) is 10.2 Å². The normalized spacial score (nSPS) is 16.0. The largest absolute Gasteiger partial charge is 0.414 e.